The Morgan fingerprint density at radius 3 is 2.30 bits per heavy atom. The predicted molar refractivity (Wildman–Crippen MR) is 99.7 cm³/mol. The lowest BCUT2D eigenvalue weighted by molar-refractivity contribution is -0.137. The fraction of sp³-hybridized carbons (Fsp3) is 0.500. The molecule has 148 valence electrons. The number of hydrogen-bond donors (Lipinski definition) is 1. The monoisotopic (exact) mass is 397 g/mol. The number of benzene rings is 1. The standard InChI is InChI=1S/C18H24ClN3O5/c1-3-26-18(25)22-10-8-21(9-11-22)17(24)13(2)20-16(23)12-27-15-6-4-14(19)5-7-15/h4-7,13H,3,8-12H2,1-2H3,(H,20,23)/t13-/m1/s1. The zero-order chi connectivity index (χ0) is 19.8. The van der Waals surface area contributed by atoms with Crippen LogP contribution < -0.4 is 10.1 Å². The van der Waals surface area contributed by atoms with Crippen LogP contribution in [0.3, 0.4) is 0 Å². The minimum absolute atomic E-state index is 0.196. The van der Waals surface area contributed by atoms with Crippen molar-refractivity contribution in [2.75, 3.05) is 39.4 Å². The number of carbonyl (C=O) groups excluding carboxylic acids is 3. The number of carbonyl (C=O) groups is 3. The van der Waals surface area contributed by atoms with Crippen LogP contribution in [0.25, 0.3) is 0 Å². The number of halogens is 1. The molecule has 1 aromatic carbocycles. The zero-order valence-electron chi connectivity index (χ0n) is 15.4. The van der Waals surface area contributed by atoms with Crippen LogP contribution in [0.2, 0.25) is 5.02 Å². The molecule has 0 aromatic heterocycles. The average molecular weight is 398 g/mol. The highest BCUT2D eigenvalue weighted by Crippen LogP contribution is 2.15. The fourth-order valence-electron chi connectivity index (χ4n) is 2.62. The summed E-state index contributed by atoms with van der Waals surface area (Å²) >= 11 is 5.79. The van der Waals surface area contributed by atoms with Crippen LogP contribution >= 0.6 is 11.6 Å². The first-order chi connectivity index (χ1) is 12.9. The van der Waals surface area contributed by atoms with Crippen molar-refractivity contribution < 1.29 is 23.9 Å². The van der Waals surface area contributed by atoms with E-state index in [1.54, 1.807) is 47.9 Å². The Balaban J connectivity index is 1.74. The molecule has 1 fully saturated rings. The molecule has 8 nitrogen and oxygen atoms in total. The maximum Gasteiger partial charge on any atom is 0.409 e. The minimum Gasteiger partial charge on any atom is -0.484 e. The summed E-state index contributed by atoms with van der Waals surface area (Å²) in [5, 5.41) is 3.20. The van der Waals surface area contributed by atoms with Crippen LogP contribution in [0.4, 0.5) is 4.79 Å². The Kier molecular flexibility index (Phi) is 7.72. The first kappa shape index (κ1) is 20.8. The summed E-state index contributed by atoms with van der Waals surface area (Å²) < 4.78 is 10.3. The Labute approximate surface area is 163 Å². The van der Waals surface area contributed by atoms with Crippen molar-refractivity contribution in [1.29, 1.82) is 0 Å². The Morgan fingerprint density at radius 1 is 1.11 bits per heavy atom. The van der Waals surface area contributed by atoms with E-state index in [2.05, 4.69) is 5.32 Å². The van der Waals surface area contributed by atoms with Crippen molar-refractivity contribution in [3.63, 3.8) is 0 Å². The molecule has 1 saturated heterocycles. The number of rotatable bonds is 6. The van der Waals surface area contributed by atoms with E-state index in [9.17, 15) is 14.4 Å². The zero-order valence-corrected chi connectivity index (χ0v) is 16.2. The molecule has 0 spiro atoms. The molecule has 1 aromatic rings. The summed E-state index contributed by atoms with van der Waals surface area (Å²) in [6.07, 6.45) is -0.370. The number of piperazine rings is 1. The molecule has 1 heterocycles. The highest BCUT2D eigenvalue weighted by molar-refractivity contribution is 6.30. The van der Waals surface area contributed by atoms with Gasteiger partial charge in [0.05, 0.1) is 6.61 Å². The van der Waals surface area contributed by atoms with Gasteiger partial charge in [0, 0.05) is 31.2 Å². The van der Waals surface area contributed by atoms with Gasteiger partial charge in [-0.1, -0.05) is 11.6 Å². The van der Waals surface area contributed by atoms with Gasteiger partial charge in [0.25, 0.3) is 5.91 Å². The van der Waals surface area contributed by atoms with Crippen molar-refractivity contribution in [3.8, 4) is 5.75 Å². The van der Waals surface area contributed by atoms with Gasteiger partial charge < -0.3 is 24.6 Å². The number of hydrogen-bond acceptors (Lipinski definition) is 5. The van der Waals surface area contributed by atoms with Gasteiger partial charge in [-0.05, 0) is 38.1 Å². The van der Waals surface area contributed by atoms with Crippen molar-refractivity contribution in [1.82, 2.24) is 15.1 Å². The van der Waals surface area contributed by atoms with E-state index in [1.807, 2.05) is 0 Å². The number of ether oxygens (including phenoxy) is 2. The summed E-state index contributed by atoms with van der Waals surface area (Å²) in [5.41, 5.74) is 0. The van der Waals surface area contributed by atoms with E-state index in [0.29, 0.717) is 43.6 Å². The molecule has 1 N–H and O–H groups in total. The van der Waals surface area contributed by atoms with Crippen LogP contribution in [0, 0.1) is 0 Å². The maximum atomic E-state index is 12.5. The van der Waals surface area contributed by atoms with E-state index < -0.39 is 11.9 Å². The van der Waals surface area contributed by atoms with Crippen LogP contribution in [-0.4, -0.2) is 73.1 Å². The normalized spacial score (nSPS) is 15.1. The second kappa shape index (κ2) is 10.0. The summed E-state index contributed by atoms with van der Waals surface area (Å²) in [7, 11) is 0. The molecule has 3 amide bonds. The van der Waals surface area contributed by atoms with E-state index in [4.69, 9.17) is 21.1 Å². The van der Waals surface area contributed by atoms with Crippen LogP contribution in [0.15, 0.2) is 24.3 Å². The molecular weight excluding hydrogens is 374 g/mol. The van der Waals surface area contributed by atoms with Gasteiger partial charge in [-0.25, -0.2) is 4.79 Å². The summed E-state index contributed by atoms with van der Waals surface area (Å²) in [6.45, 7) is 5.11. The molecule has 0 bridgehead atoms. The lowest BCUT2D eigenvalue weighted by Gasteiger charge is -2.35. The van der Waals surface area contributed by atoms with Gasteiger partial charge in [0.2, 0.25) is 5.91 Å². The van der Waals surface area contributed by atoms with Gasteiger partial charge in [-0.2, -0.15) is 0 Å². The SMILES string of the molecule is CCOC(=O)N1CCN(C(=O)[C@@H](C)NC(=O)COc2ccc(Cl)cc2)CC1. The average Bonchev–Trinajstić information content (AvgIpc) is 2.67. The van der Waals surface area contributed by atoms with Gasteiger partial charge in [-0.15, -0.1) is 0 Å². The topological polar surface area (TPSA) is 88.2 Å². The third-order valence-electron chi connectivity index (χ3n) is 4.05. The smallest absolute Gasteiger partial charge is 0.409 e. The highest BCUT2D eigenvalue weighted by atomic mass is 35.5. The summed E-state index contributed by atoms with van der Waals surface area (Å²) in [6, 6.07) is 5.97. The molecule has 9 heteroatoms. The van der Waals surface area contributed by atoms with Gasteiger partial charge in [-0.3, -0.25) is 9.59 Å². The largest absolute Gasteiger partial charge is 0.484 e. The van der Waals surface area contributed by atoms with Crippen molar-refractivity contribution in [2.45, 2.75) is 19.9 Å². The molecule has 1 atom stereocenters. The fourth-order valence-corrected chi connectivity index (χ4v) is 2.75. The Morgan fingerprint density at radius 2 is 1.70 bits per heavy atom. The van der Waals surface area contributed by atoms with Crippen molar-refractivity contribution in [2.24, 2.45) is 0 Å². The third kappa shape index (κ3) is 6.32. The van der Waals surface area contributed by atoms with Crippen molar-refractivity contribution in [3.05, 3.63) is 29.3 Å². The molecule has 0 radical (unpaired) electrons. The minimum atomic E-state index is -0.680. The van der Waals surface area contributed by atoms with Crippen LogP contribution in [-0.2, 0) is 14.3 Å². The number of amides is 3. The second-order valence-electron chi connectivity index (χ2n) is 6.04. The molecule has 1 aliphatic heterocycles. The summed E-state index contributed by atoms with van der Waals surface area (Å²) in [5.74, 6) is -0.0714. The van der Waals surface area contributed by atoms with Crippen LogP contribution in [0.5, 0.6) is 5.75 Å². The van der Waals surface area contributed by atoms with Gasteiger partial charge >= 0.3 is 6.09 Å². The summed E-state index contributed by atoms with van der Waals surface area (Å²) in [4.78, 5) is 39.3. The van der Waals surface area contributed by atoms with Gasteiger partial charge in [0.1, 0.15) is 11.8 Å². The molecule has 0 saturated carbocycles. The lowest BCUT2D eigenvalue weighted by Crippen LogP contribution is -2.55. The quantitative estimate of drug-likeness (QED) is 0.786. The molecule has 1 aliphatic rings. The van der Waals surface area contributed by atoms with Gasteiger partial charge in [0.15, 0.2) is 6.61 Å². The second-order valence-corrected chi connectivity index (χ2v) is 6.48. The van der Waals surface area contributed by atoms with Crippen LogP contribution in [0.1, 0.15) is 13.8 Å². The molecule has 0 unspecified atom stereocenters. The Bertz CT molecular complexity index is 659. The Hall–Kier alpha value is -2.48. The van der Waals surface area contributed by atoms with E-state index in [1.165, 1.54) is 0 Å². The van der Waals surface area contributed by atoms with E-state index >= 15 is 0 Å². The molecule has 2 rings (SSSR count). The molecular formula is C18H24ClN3O5. The molecule has 0 aliphatic carbocycles. The lowest BCUT2D eigenvalue weighted by atomic mass is 10.2. The highest BCUT2D eigenvalue weighted by Gasteiger charge is 2.28. The number of nitrogens with one attached hydrogen (secondary N) is 1. The maximum absolute atomic E-state index is 12.5. The predicted octanol–water partition coefficient (Wildman–Crippen LogP) is 1.52. The third-order valence-corrected chi connectivity index (χ3v) is 4.30. The van der Waals surface area contributed by atoms with E-state index in [-0.39, 0.29) is 18.6 Å². The first-order valence-electron chi connectivity index (χ1n) is 8.79. The van der Waals surface area contributed by atoms with Crippen molar-refractivity contribution >= 4 is 29.5 Å². The van der Waals surface area contributed by atoms with E-state index in [0.717, 1.165) is 0 Å². The number of nitrogens with zero attached hydrogens (tertiary/aromatic N) is 2. The molecule has 27 heavy (non-hydrogen) atoms. The first-order valence-corrected chi connectivity index (χ1v) is 9.16.